The van der Waals surface area contributed by atoms with Gasteiger partial charge in [0.05, 0.1) is 6.61 Å². The third-order valence-electron chi connectivity index (χ3n) is 2.68. The van der Waals surface area contributed by atoms with Crippen LogP contribution in [-0.4, -0.2) is 15.0 Å². The number of hydrogen-bond donors (Lipinski definition) is 0. The first-order chi connectivity index (χ1) is 8.27. The minimum Gasteiger partial charge on any atom is -0.492 e. The minimum absolute atomic E-state index is 0.0620. The number of benzene rings is 1. The monoisotopic (exact) mass is 290 g/mol. The molecule has 0 amide bonds. The highest BCUT2D eigenvalue weighted by molar-refractivity contribution is 8.13. The van der Waals surface area contributed by atoms with Gasteiger partial charge in [-0.2, -0.15) is 0 Å². The molecule has 3 nitrogen and oxygen atoms in total. The van der Waals surface area contributed by atoms with Crippen molar-refractivity contribution in [3.05, 3.63) is 23.3 Å². The van der Waals surface area contributed by atoms with E-state index in [2.05, 4.69) is 0 Å². The van der Waals surface area contributed by atoms with Crippen molar-refractivity contribution in [2.75, 3.05) is 6.61 Å². The standard InChI is InChI=1S/C13H19ClO3S/c1-5-6-17-12-7-10(4)11(9(2)3)8-13(12)18(14,15)16/h7-9H,5-6H2,1-4H3. The first-order valence-corrected chi connectivity index (χ1v) is 8.30. The summed E-state index contributed by atoms with van der Waals surface area (Å²) in [7, 11) is 1.67. The van der Waals surface area contributed by atoms with Gasteiger partial charge in [0.25, 0.3) is 9.05 Å². The average molecular weight is 291 g/mol. The molecule has 0 atom stereocenters. The smallest absolute Gasteiger partial charge is 0.264 e. The number of hydrogen-bond acceptors (Lipinski definition) is 3. The first-order valence-electron chi connectivity index (χ1n) is 5.99. The van der Waals surface area contributed by atoms with Crippen LogP contribution in [0.3, 0.4) is 0 Å². The molecule has 1 aromatic rings. The molecule has 102 valence electrons. The highest BCUT2D eigenvalue weighted by Gasteiger charge is 2.20. The van der Waals surface area contributed by atoms with Gasteiger partial charge in [0.1, 0.15) is 10.6 Å². The van der Waals surface area contributed by atoms with Crippen LogP contribution in [0.15, 0.2) is 17.0 Å². The normalized spacial score (nSPS) is 11.9. The third kappa shape index (κ3) is 3.62. The van der Waals surface area contributed by atoms with Crippen molar-refractivity contribution in [2.24, 2.45) is 0 Å². The molecule has 0 aliphatic heterocycles. The molecule has 1 rings (SSSR count). The van der Waals surface area contributed by atoms with Crippen molar-refractivity contribution in [2.45, 2.75) is 44.9 Å². The van der Waals surface area contributed by atoms with E-state index in [1.807, 2.05) is 27.7 Å². The van der Waals surface area contributed by atoms with Crippen molar-refractivity contribution in [3.8, 4) is 5.75 Å². The van der Waals surface area contributed by atoms with Crippen LogP contribution in [0.5, 0.6) is 5.75 Å². The maximum Gasteiger partial charge on any atom is 0.264 e. The third-order valence-corrected chi connectivity index (χ3v) is 4.02. The van der Waals surface area contributed by atoms with Crippen LogP contribution in [0, 0.1) is 6.92 Å². The molecule has 0 heterocycles. The summed E-state index contributed by atoms with van der Waals surface area (Å²) in [5.41, 5.74) is 1.98. The van der Waals surface area contributed by atoms with E-state index in [0.29, 0.717) is 12.4 Å². The minimum atomic E-state index is -3.79. The van der Waals surface area contributed by atoms with Crippen LogP contribution in [0.1, 0.15) is 44.2 Å². The van der Waals surface area contributed by atoms with Crippen molar-refractivity contribution >= 4 is 19.7 Å². The maximum atomic E-state index is 11.6. The van der Waals surface area contributed by atoms with Crippen molar-refractivity contribution < 1.29 is 13.2 Å². The number of halogens is 1. The largest absolute Gasteiger partial charge is 0.492 e. The van der Waals surface area contributed by atoms with E-state index in [9.17, 15) is 8.42 Å². The van der Waals surface area contributed by atoms with Crippen LogP contribution in [0.4, 0.5) is 0 Å². The summed E-state index contributed by atoms with van der Waals surface area (Å²) in [5.74, 6) is 0.580. The molecule has 0 aliphatic carbocycles. The van der Waals surface area contributed by atoms with E-state index in [4.69, 9.17) is 15.4 Å². The summed E-state index contributed by atoms with van der Waals surface area (Å²) in [6.45, 7) is 8.40. The Hall–Kier alpha value is -0.740. The van der Waals surface area contributed by atoms with Crippen molar-refractivity contribution in [1.29, 1.82) is 0 Å². The summed E-state index contributed by atoms with van der Waals surface area (Å²) >= 11 is 0. The Balaban J connectivity index is 3.38. The molecule has 0 aromatic heterocycles. The second-order valence-electron chi connectivity index (χ2n) is 4.60. The van der Waals surface area contributed by atoms with Crippen LogP contribution >= 0.6 is 10.7 Å². The van der Waals surface area contributed by atoms with Crippen molar-refractivity contribution in [1.82, 2.24) is 0 Å². The van der Waals surface area contributed by atoms with E-state index in [1.165, 1.54) is 0 Å². The highest BCUT2D eigenvalue weighted by Crippen LogP contribution is 2.33. The summed E-state index contributed by atoms with van der Waals surface area (Å²) in [6, 6.07) is 3.37. The lowest BCUT2D eigenvalue weighted by Crippen LogP contribution is -2.04. The van der Waals surface area contributed by atoms with Gasteiger partial charge < -0.3 is 4.74 Å². The van der Waals surface area contributed by atoms with Gasteiger partial charge in [0.2, 0.25) is 0 Å². The Morgan fingerprint density at radius 1 is 1.33 bits per heavy atom. The quantitative estimate of drug-likeness (QED) is 0.774. The van der Waals surface area contributed by atoms with E-state index in [1.54, 1.807) is 12.1 Å². The van der Waals surface area contributed by atoms with E-state index in [0.717, 1.165) is 17.5 Å². The summed E-state index contributed by atoms with van der Waals surface area (Å²) in [4.78, 5) is 0.0620. The van der Waals surface area contributed by atoms with Gasteiger partial charge >= 0.3 is 0 Å². The molecule has 0 spiro atoms. The molecule has 0 unspecified atom stereocenters. The fourth-order valence-electron chi connectivity index (χ4n) is 1.81. The number of rotatable bonds is 5. The lowest BCUT2D eigenvalue weighted by molar-refractivity contribution is 0.309. The Labute approximate surface area is 114 Å². The van der Waals surface area contributed by atoms with Gasteiger partial charge in [-0.1, -0.05) is 20.8 Å². The van der Waals surface area contributed by atoms with Gasteiger partial charge in [-0.05, 0) is 42.5 Å². The van der Waals surface area contributed by atoms with Gasteiger partial charge in [0, 0.05) is 10.7 Å². The van der Waals surface area contributed by atoms with E-state index >= 15 is 0 Å². The predicted molar refractivity (Wildman–Crippen MR) is 74.1 cm³/mol. The molecule has 0 radical (unpaired) electrons. The summed E-state index contributed by atoms with van der Waals surface area (Å²) in [6.07, 6.45) is 0.812. The van der Waals surface area contributed by atoms with Gasteiger partial charge in [-0.15, -0.1) is 0 Å². The Bertz CT molecular complexity index is 521. The second-order valence-corrected chi connectivity index (χ2v) is 7.13. The molecular weight excluding hydrogens is 272 g/mol. The molecule has 5 heteroatoms. The predicted octanol–water partition coefficient (Wildman–Crippen LogP) is 3.83. The van der Waals surface area contributed by atoms with Crippen LogP contribution in [0.25, 0.3) is 0 Å². The lowest BCUT2D eigenvalue weighted by Gasteiger charge is -2.15. The Morgan fingerprint density at radius 3 is 2.39 bits per heavy atom. The van der Waals surface area contributed by atoms with E-state index < -0.39 is 9.05 Å². The molecular formula is C13H19ClO3S. The topological polar surface area (TPSA) is 43.4 Å². The molecule has 1 aromatic carbocycles. The number of ether oxygens (including phenoxy) is 1. The zero-order valence-electron chi connectivity index (χ0n) is 11.2. The molecule has 18 heavy (non-hydrogen) atoms. The SMILES string of the molecule is CCCOc1cc(C)c(C(C)C)cc1S(=O)(=O)Cl. The number of aryl methyl sites for hydroxylation is 1. The molecule has 0 saturated carbocycles. The molecule has 0 fully saturated rings. The lowest BCUT2D eigenvalue weighted by atomic mass is 9.98. The maximum absolute atomic E-state index is 11.6. The van der Waals surface area contributed by atoms with E-state index in [-0.39, 0.29) is 10.8 Å². The summed E-state index contributed by atoms with van der Waals surface area (Å²) < 4.78 is 28.6. The van der Waals surface area contributed by atoms with Crippen LogP contribution in [-0.2, 0) is 9.05 Å². The zero-order valence-corrected chi connectivity index (χ0v) is 12.7. The molecule has 0 bridgehead atoms. The van der Waals surface area contributed by atoms with Crippen molar-refractivity contribution in [3.63, 3.8) is 0 Å². The first kappa shape index (κ1) is 15.3. The van der Waals surface area contributed by atoms with Gasteiger partial charge in [-0.25, -0.2) is 8.42 Å². The second kappa shape index (κ2) is 5.93. The highest BCUT2D eigenvalue weighted by atomic mass is 35.7. The molecule has 0 aliphatic rings. The molecule has 0 N–H and O–H groups in total. The van der Waals surface area contributed by atoms with Gasteiger partial charge in [-0.3, -0.25) is 0 Å². The average Bonchev–Trinajstić information content (AvgIpc) is 2.23. The van der Waals surface area contributed by atoms with Gasteiger partial charge in [0.15, 0.2) is 0 Å². The zero-order chi connectivity index (χ0) is 13.9. The van der Waals surface area contributed by atoms with Crippen LogP contribution < -0.4 is 4.74 Å². The fourth-order valence-corrected chi connectivity index (χ4v) is 2.80. The fraction of sp³-hybridized carbons (Fsp3) is 0.538. The summed E-state index contributed by atoms with van der Waals surface area (Å²) in [5, 5.41) is 0. The van der Waals surface area contributed by atoms with Crippen LogP contribution in [0.2, 0.25) is 0 Å². The Kier molecular flexibility index (Phi) is 5.05. The Morgan fingerprint density at radius 2 is 1.94 bits per heavy atom. The molecule has 0 saturated heterocycles.